The first-order valence-corrected chi connectivity index (χ1v) is 8.65. The fourth-order valence-corrected chi connectivity index (χ4v) is 2.83. The summed E-state index contributed by atoms with van der Waals surface area (Å²) in [6, 6.07) is 3.21. The molecule has 0 fully saturated rings. The molecular formula is C17H16ClF3N6O2. The van der Waals surface area contributed by atoms with Gasteiger partial charge in [0.1, 0.15) is 11.0 Å². The fourth-order valence-electron chi connectivity index (χ4n) is 2.68. The standard InChI is InChI=1S/C17H16ClF3N6O2/c1-8(29-3)14-10(7-22-9-4-5-12(18)24-15(9)14)23-16(28)25-13-6-11(17(19,20)21)26-27(13)2/h4-8H,1-3H3,(H2,23,25,28). The van der Waals surface area contributed by atoms with Gasteiger partial charge in [0.05, 0.1) is 29.0 Å². The van der Waals surface area contributed by atoms with E-state index >= 15 is 0 Å². The molecule has 2 amide bonds. The maximum absolute atomic E-state index is 12.8. The smallest absolute Gasteiger partial charge is 0.377 e. The van der Waals surface area contributed by atoms with Crippen molar-refractivity contribution in [2.24, 2.45) is 7.05 Å². The number of hydrogen-bond donors (Lipinski definition) is 2. The predicted molar refractivity (Wildman–Crippen MR) is 101 cm³/mol. The molecule has 12 heteroatoms. The van der Waals surface area contributed by atoms with Crippen molar-refractivity contribution in [3.63, 3.8) is 0 Å². The molecule has 2 N–H and O–H groups in total. The van der Waals surface area contributed by atoms with Crippen molar-refractivity contribution in [2.45, 2.75) is 19.2 Å². The summed E-state index contributed by atoms with van der Waals surface area (Å²) in [7, 11) is 2.77. The normalized spacial score (nSPS) is 12.8. The van der Waals surface area contributed by atoms with Gasteiger partial charge in [-0.25, -0.2) is 9.78 Å². The Labute approximate surface area is 168 Å². The average molecular weight is 429 g/mol. The van der Waals surface area contributed by atoms with E-state index in [4.69, 9.17) is 16.3 Å². The second-order valence-electron chi connectivity index (χ2n) is 6.08. The summed E-state index contributed by atoms with van der Waals surface area (Å²) in [6.07, 6.45) is -3.69. The Balaban J connectivity index is 1.92. The molecular weight excluding hydrogens is 413 g/mol. The molecule has 0 aromatic carbocycles. The van der Waals surface area contributed by atoms with E-state index in [1.165, 1.54) is 20.4 Å². The average Bonchev–Trinajstić information content (AvgIpc) is 3.01. The van der Waals surface area contributed by atoms with Gasteiger partial charge in [-0.05, 0) is 19.1 Å². The van der Waals surface area contributed by atoms with Crippen molar-refractivity contribution in [1.82, 2.24) is 19.7 Å². The Morgan fingerprint density at radius 2 is 2.03 bits per heavy atom. The van der Waals surface area contributed by atoms with Crippen molar-refractivity contribution in [2.75, 3.05) is 17.7 Å². The number of pyridine rings is 2. The molecule has 0 spiro atoms. The molecule has 29 heavy (non-hydrogen) atoms. The molecule has 1 atom stereocenters. The molecule has 8 nitrogen and oxygen atoms in total. The Kier molecular flexibility index (Phi) is 5.62. The van der Waals surface area contributed by atoms with Gasteiger partial charge in [-0.3, -0.25) is 15.0 Å². The number of rotatable bonds is 4. The van der Waals surface area contributed by atoms with Gasteiger partial charge in [0.15, 0.2) is 5.69 Å². The van der Waals surface area contributed by atoms with Gasteiger partial charge >= 0.3 is 12.2 Å². The molecule has 0 radical (unpaired) electrons. The summed E-state index contributed by atoms with van der Waals surface area (Å²) in [4.78, 5) is 20.9. The summed E-state index contributed by atoms with van der Waals surface area (Å²) in [5.74, 6) is -0.133. The predicted octanol–water partition coefficient (Wildman–Crippen LogP) is 4.39. The van der Waals surface area contributed by atoms with Crippen LogP contribution in [-0.2, 0) is 18.0 Å². The number of halogens is 4. The molecule has 3 aromatic rings. The Morgan fingerprint density at radius 1 is 1.31 bits per heavy atom. The second kappa shape index (κ2) is 7.84. The van der Waals surface area contributed by atoms with Crippen LogP contribution >= 0.6 is 11.6 Å². The van der Waals surface area contributed by atoms with Crippen LogP contribution in [0.3, 0.4) is 0 Å². The van der Waals surface area contributed by atoms with Crippen LogP contribution in [0, 0.1) is 0 Å². The number of amides is 2. The topological polar surface area (TPSA) is 94.0 Å². The summed E-state index contributed by atoms with van der Waals surface area (Å²) in [5, 5.41) is 8.47. The second-order valence-corrected chi connectivity index (χ2v) is 6.47. The summed E-state index contributed by atoms with van der Waals surface area (Å²) >= 11 is 5.98. The van der Waals surface area contributed by atoms with Gasteiger partial charge in [0.2, 0.25) is 0 Å². The van der Waals surface area contributed by atoms with Gasteiger partial charge < -0.3 is 10.1 Å². The van der Waals surface area contributed by atoms with Crippen molar-refractivity contribution in [3.8, 4) is 0 Å². The molecule has 0 bridgehead atoms. The zero-order valence-electron chi connectivity index (χ0n) is 15.5. The highest BCUT2D eigenvalue weighted by Gasteiger charge is 2.34. The molecule has 3 aromatic heterocycles. The Morgan fingerprint density at radius 3 is 2.66 bits per heavy atom. The maximum atomic E-state index is 12.8. The van der Waals surface area contributed by atoms with E-state index in [9.17, 15) is 18.0 Å². The number of aromatic nitrogens is 4. The van der Waals surface area contributed by atoms with E-state index < -0.39 is 24.0 Å². The van der Waals surface area contributed by atoms with E-state index in [0.29, 0.717) is 16.6 Å². The lowest BCUT2D eigenvalue weighted by atomic mass is 10.1. The van der Waals surface area contributed by atoms with Gasteiger partial charge in [-0.1, -0.05) is 11.6 Å². The van der Waals surface area contributed by atoms with Crippen LogP contribution in [0.5, 0.6) is 0 Å². The number of hydrogen-bond acceptors (Lipinski definition) is 5. The van der Waals surface area contributed by atoms with Crippen molar-refractivity contribution >= 4 is 40.2 Å². The molecule has 3 rings (SSSR count). The molecule has 0 aliphatic carbocycles. The van der Waals surface area contributed by atoms with E-state index in [-0.39, 0.29) is 16.7 Å². The van der Waals surface area contributed by atoms with E-state index in [1.807, 2.05) is 0 Å². The number of urea groups is 1. The van der Waals surface area contributed by atoms with Gasteiger partial charge in [0.25, 0.3) is 0 Å². The lowest BCUT2D eigenvalue weighted by molar-refractivity contribution is -0.141. The van der Waals surface area contributed by atoms with Crippen molar-refractivity contribution < 1.29 is 22.7 Å². The van der Waals surface area contributed by atoms with Crippen LogP contribution in [0.25, 0.3) is 11.0 Å². The van der Waals surface area contributed by atoms with Crippen LogP contribution in [0.15, 0.2) is 24.4 Å². The Hall–Kier alpha value is -2.92. The monoisotopic (exact) mass is 428 g/mol. The van der Waals surface area contributed by atoms with E-state index in [0.717, 1.165) is 10.7 Å². The van der Waals surface area contributed by atoms with Gasteiger partial charge in [-0.2, -0.15) is 18.3 Å². The highest BCUT2D eigenvalue weighted by atomic mass is 35.5. The summed E-state index contributed by atoms with van der Waals surface area (Å²) in [6.45, 7) is 1.75. The number of nitrogens with zero attached hydrogens (tertiary/aromatic N) is 4. The van der Waals surface area contributed by atoms with Crippen LogP contribution < -0.4 is 10.6 Å². The number of alkyl halides is 3. The van der Waals surface area contributed by atoms with E-state index in [1.54, 1.807) is 19.1 Å². The van der Waals surface area contributed by atoms with Crippen LogP contribution in [0.1, 0.15) is 24.3 Å². The van der Waals surface area contributed by atoms with Crippen LogP contribution in [-0.4, -0.2) is 32.9 Å². The number of carbonyl (C=O) groups is 1. The van der Waals surface area contributed by atoms with Crippen molar-refractivity contribution in [3.05, 3.63) is 40.8 Å². The minimum absolute atomic E-state index is 0.133. The highest BCUT2D eigenvalue weighted by molar-refractivity contribution is 6.29. The molecule has 0 aliphatic rings. The first-order valence-electron chi connectivity index (χ1n) is 8.27. The summed E-state index contributed by atoms with van der Waals surface area (Å²) < 4.78 is 44.6. The number of fused-ring (bicyclic) bond motifs is 1. The zero-order valence-corrected chi connectivity index (χ0v) is 16.3. The molecule has 154 valence electrons. The quantitative estimate of drug-likeness (QED) is 0.601. The third-order valence-electron chi connectivity index (χ3n) is 4.14. The minimum atomic E-state index is -4.62. The summed E-state index contributed by atoms with van der Waals surface area (Å²) in [5.41, 5.74) is 0.661. The lowest BCUT2D eigenvalue weighted by Gasteiger charge is -2.17. The van der Waals surface area contributed by atoms with Gasteiger partial charge in [-0.15, -0.1) is 0 Å². The lowest BCUT2D eigenvalue weighted by Crippen LogP contribution is -2.22. The number of carbonyl (C=O) groups excluding carboxylic acids is 1. The number of methoxy groups -OCH3 is 1. The Bertz CT molecular complexity index is 1070. The third-order valence-corrected chi connectivity index (χ3v) is 4.35. The number of aryl methyl sites for hydroxylation is 1. The van der Waals surface area contributed by atoms with E-state index in [2.05, 4.69) is 25.7 Å². The zero-order chi connectivity index (χ0) is 21.3. The first-order chi connectivity index (χ1) is 13.6. The molecule has 1 unspecified atom stereocenters. The van der Waals surface area contributed by atoms with Gasteiger partial charge in [0, 0.05) is 25.8 Å². The molecule has 3 heterocycles. The SMILES string of the molecule is COC(C)c1c(NC(=O)Nc2cc(C(F)(F)F)nn2C)cnc2ccc(Cl)nc12. The van der Waals surface area contributed by atoms with Crippen molar-refractivity contribution in [1.29, 1.82) is 0 Å². The highest BCUT2D eigenvalue weighted by Crippen LogP contribution is 2.32. The van der Waals surface area contributed by atoms with Crippen LogP contribution in [0.2, 0.25) is 5.15 Å². The molecule has 0 saturated heterocycles. The molecule has 0 aliphatic heterocycles. The largest absolute Gasteiger partial charge is 0.435 e. The number of anilines is 2. The first kappa shape index (κ1) is 20.8. The third kappa shape index (κ3) is 4.40. The minimum Gasteiger partial charge on any atom is -0.377 e. The molecule has 0 saturated carbocycles. The maximum Gasteiger partial charge on any atom is 0.435 e. The number of ether oxygens (including phenoxy) is 1. The number of nitrogens with one attached hydrogen (secondary N) is 2. The fraction of sp³-hybridized carbons (Fsp3) is 0.294. The van der Waals surface area contributed by atoms with Crippen LogP contribution in [0.4, 0.5) is 29.5 Å².